The second kappa shape index (κ2) is 8.38. The van der Waals surface area contributed by atoms with Crippen molar-refractivity contribution in [2.75, 3.05) is 32.9 Å². The van der Waals surface area contributed by atoms with Crippen LogP contribution in [0.25, 0.3) is 0 Å². The van der Waals surface area contributed by atoms with E-state index in [1.54, 1.807) is 0 Å². The van der Waals surface area contributed by atoms with E-state index in [9.17, 15) is 0 Å². The van der Waals surface area contributed by atoms with Crippen LogP contribution in [-0.2, 0) is 9.57 Å². The van der Waals surface area contributed by atoms with Gasteiger partial charge >= 0.3 is 0 Å². The maximum Gasteiger partial charge on any atom is 0.119 e. The van der Waals surface area contributed by atoms with Gasteiger partial charge in [-0.3, -0.25) is 4.84 Å². The molecule has 0 saturated carbocycles. The summed E-state index contributed by atoms with van der Waals surface area (Å²) in [5, 5.41) is 1.98. The van der Waals surface area contributed by atoms with Crippen molar-refractivity contribution in [2.24, 2.45) is 0 Å². The van der Waals surface area contributed by atoms with Gasteiger partial charge in [0.05, 0.1) is 32.5 Å². The number of hydrogen-bond donors (Lipinski definition) is 0. The van der Waals surface area contributed by atoms with Gasteiger partial charge in [-0.15, -0.1) is 12.4 Å². The first kappa shape index (κ1) is 16.2. The van der Waals surface area contributed by atoms with Gasteiger partial charge in [-0.25, -0.2) is 0 Å². The Hall–Kier alpha value is -0.810. The summed E-state index contributed by atoms with van der Waals surface area (Å²) in [6, 6.07) is 8.10. The Kier molecular flexibility index (Phi) is 7.16. The molecule has 0 spiro atoms. The van der Waals surface area contributed by atoms with E-state index in [1.807, 2.05) is 31.0 Å². The Bertz CT molecular complexity index is 356. The molecule has 5 heteroatoms. The van der Waals surface area contributed by atoms with Crippen molar-refractivity contribution in [1.29, 1.82) is 0 Å². The predicted molar refractivity (Wildman–Crippen MR) is 76.8 cm³/mol. The van der Waals surface area contributed by atoms with E-state index in [2.05, 4.69) is 12.1 Å². The summed E-state index contributed by atoms with van der Waals surface area (Å²) in [7, 11) is 0. The molecule has 1 aromatic carbocycles. The highest BCUT2D eigenvalue weighted by molar-refractivity contribution is 5.85. The first-order valence-corrected chi connectivity index (χ1v) is 6.55. The van der Waals surface area contributed by atoms with E-state index in [0.29, 0.717) is 19.8 Å². The van der Waals surface area contributed by atoms with E-state index < -0.39 is 0 Å². The van der Waals surface area contributed by atoms with Crippen LogP contribution < -0.4 is 4.74 Å². The number of rotatable bonds is 5. The zero-order valence-corrected chi connectivity index (χ0v) is 12.3. The fraction of sp³-hybridized carbons (Fsp3) is 0.571. The minimum Gasteiger partial charge on any atom is -0.494 e. The van der Waals surface area contributed by atoms with Gasteiger partial charge in [0.25, 0.3) is 0 Å². The van der Waals surface area contributed by atoms with Crippen molar-refractivity contribution in [3.8, 4) is 5.75 Å². The number of ether oxygens (including phenoxy) is 2. The van der Waals surface area contributed by atoms with Crippen LogP contribution in [0.3, 0.4) is 0 Å². The number of benzene rings is 1. The standard InChI is InChI=1S/C14H21NO3.ClH/c1-3-16-13-7-5-12(6-8-13)14-11-15(18-4-2)9-10-17-14;/h5-8,14H,3-4,9-11H2,1-2H3;1H. The van der Waals surface area contributed by atoms with Gasteiger partial charge in [0, 0.05) is 6.54 Å². The zero-order valence-electron chi connectivity index (χ0n) is 11.5. The van der Waals surface area contributed by atoms with Crippen LogP contribution in [0.5, 0.6) is 5.75 Å². The lowest BCUT2D eigenvalue weighted by atomic mass is 10.1. The minimum atomic E-state index is 0. The molecule has 1 heterocycles. The van der Waals surface area contributed by atoms with E-state index in [0.717, 1.165) is 18.8 Å². The first-order valence-electron chi connectivity index (χ1n) is 6.55. The van der Waals surface area contributed by atoms with Crippen LogP contribution in [0, 0.1) is 0 Å². The molecule has 1 unspecified atom stereocenters. The fourth-order valence-corrected chi connectivity index (χ4v) is 2.07. The Morgan fingerprint density at radius 1 is 1.21 bits per heavy atom. The monoisotopic (exact) mass is 287 g/mol. The second-order valence-corrected chi connectivity index (χ2v) is 4.17. The summed E-state index contributed by atoms with van der Waals surface area (Å²) < 4.78 is 11.2. The topological polar surface area (TPSA) is 30.9 Å². The summed E-state index contributed by atoms with van der Waals surface area (Å²) in [6.07, 6.45) is 0.0842. The van der Waals surface area contributed by atoms with Crippen LogP contribution >= 0.6 is 12.4 Å². The second-order valence-electron chi connectivity index (χ2n) is 4.17. The van der Waals surface area contributed by atoms with Gasteiger partial charge in [0.1, 0.15) is 5.75 Å². The SMILES string of the molecule is CCOc1ccc(C2CN(OCC)CCO2)cc1.Cl. The van der Waals surface area contributed by atoms with Crippen molar-refractivity contribution in [3.63, 3.8) is 0 Å². The van der Waals surface area contributed by atoms with Crippen molar-refractivity contribution >= 4 is 12.4 Å². The maximum absolute atomic E-state index is 5.78. The summed E-state index contributed by atoms with van der Waals surface area (Å²) >= 11 is 0. The normalized spacial score (nSPS) is 19.8. The third kappa shape index (κ3) is 4.66. The maximum atomic E-state index is 5.78. The Morgan fingerprint density at radius 2 is 1.95 bits per heavy atom. The summed E-state index contributed by atoms with van der Waals surface area (Å²) in [5.74, 6) is 0.902. The molecule has 1 aliphatic rings. The quantitative estimate of drug-likeness (QED) is 0.833. The van der Waals surface area contributed by atoms with Gasteiger partial charge in [0.15, 0.2) is 0 Å². The summed E-state index contributed by atoms with van der Waals surface area (Å²) in [4.78, 5) is 5.53. The molecule has 0 radical (unpaired) electrons. The van der Waals surface area contributed by atoms with Crippen LogP contribution in [0.15, 0.2) is 24.3 Å². The predicted octanol–water partition coefficient (Wildman–Crippen LogP) is 2.83. The number of nitrogens with zero attached hydrogens (tertiary/aromatic N) is 1. The number of hydroxylamine groups is 2. The average molecular weight is 288 g/mol. The van der Waals surface area contributed by atoms with Gasteiger partial charge in [0.2, 0.25) is 0 Å². The summed E-state index contributed by atoms with van der Waals surface area (Å²) in [5.41, 5.74) is 1.17. The molecule has 19 heavy (non-hydrogen) atoms. The fourth-order valence-electron chi connectivity index (χ4n) is 2.07. The molecule has 108 valence electrons. The molecule has 4 nitrogen and oxygen atoms in total. The largest absolute Gasteiger partial charge is 0.494 e. The Balaban J connectivity index is 0.00000180. The molecular formula is C14H22ClNO3. The molecule has 0 bridgehead atoms. The molecule has 2 rings (SSSR count). The van der Waals surface area contributed by atoms with Gasteiger partial charge in [-0.1, -0.05) is 12.1 Å². The van der Waals surface area contributed by atoms with Crippen molar-refractivity contribution in [2.45, 2.75) is 20.0 Å². The number of hydrogen-bond acceptors (Lipinski definition) is 4. The first-order chi connectivity index (χ1) is 8.83. The highest BCUT2D eigenvalue weighted by Gasteiger charge is 2.22. The molecular weight excluding hydrogens is 266 g/mol. The molecule has 1 atom stereocenters. The van der Waals surface area contributed by atoms with Crippen molar-refractivity contribution in [1.82, 2.24) is 5.06 Å². The van der Waals surface area contributed by atoms with Crippen LogP contribution in [0.2, 0.25) is 0 Å². The zero-order chi connectivity index (χ0) is 12.8. The molecule has 1 aliphatic heterocycles. The third-order valence-electron chi connectivity index (χ3n) is 2.90. The third-order valence-corrected chi connectivity index (χ3v) is 2.90. The van der Waals surface area contributed by atoms with Crippen molar-refractivity contribution < 1.29 is 14.3 Å². The molecule has 1 aromatic rings. The Labute approximate surface area is 121 Å². The number of halogens is 1. The lowest BCUT2D eigenvalue weighted by Gasteiger charge is -2.32. The van der Waals surface area contributed by atoms with E-state index in [-0.39, 0.29) is 18.5 Å². The summed E-state index contributed by atoms with van der Waals surface area (Å²) in [6.45, 7) is 7.70. The highest BCUT2D eigenvalue weighted by atomic mass is 35.5. The van der Waals surface area contributed by atoms with Crippen LogP contribution in [0.1, 0.15) is 25.5 Å². The van der Waals surface area contributed by atoms with E-state index in [4.69, 9.17) is 14.3 Å². The number of morpholine rings is 1. The minimum absolute atomic E-state index is 0. The molecule has 0 aromatic heterocycles. The molecule has 1 saturated heterocycles. The van der Waals surface area contributed by atoms with Crippen molar-refractivity contribution in [3.05, 3.63) is 29.8 Å². The van der Waals surface area contributed by atoms with Gasteiger partial charge in [-0.2, -0.15) is 5.06 Å². The molecule has 1 fully saturated rings. The highest BCUT2D eigenvalue weighted by Crippen LogP contribution is 2.24. The van der Waals surface area contributed by atoms with E-state index in [1.165, 1.54) is 5.56 Å². The lowest BCUT2D eigenvalue weighted by molar-refractivity contribution is -0.210. The van der Waals surface area contributed by atoms with Crippen LogP contribution in [-0.4, -0.2) is 38.0 Å². The molecule has 0 N–H and O–H groups in total. The smallest absolute Gasteiger partial charge is 0.119 e. The van der Waals surface area contributed by atoms with Gasteiger partial charge in [-0.05, 0) is 31.5 Å². The Morgan fingerprint density at radius 3 is 2.58 bits per heavy atom. The lowest BCUT2D eigenvalue weighted by Crippen LogP contribution is -2.38. The van der Waals surface area contributed by atoms with Gasteiger partial charge < -0.3 is 9.47 Å². The molecule has 0 amide bonds. The average Bonchev–Trinajstić information content (AvgIpc) is 2.41. The van der Waals surface area contributed by atoms with E-state index >= 15 is 0 Å². The van der Waals surface area contributed by atoms with Crippen LogP contribution in [0.4, 0.5) is 0 Å². The molecule has 0 aliphatic carbocycles.